The molecule has 0 saturated carbocycles. The molecule has 0 saturated heterocycles. The Balaban J connectivity index is 2.78. The first-order valence-electron chi connectivity index (χ1n) is 5.27. The Morgan fingerprint density at radius 2 is 2.29 bits per heavy atom. The molecular formula is C13H20O. The van der Waals surface area contributed by atoms with Gasteiger partial charge in [0.25, 0.3) is 0 Å². The molecule has 1 unspecified atom stereocenters. The molecule has 14 heavy (non-hydrogen) atoms. The van der Waals surface area contributed by atoms with E-state index in [1.54, 1.807) is 6.92 Å². The van der Waals surface area contributed by atoms with Gasteiger partial charge in [-0.3, -0.25) is 0 Å². The second-order valence-electron chi connectivity index (χ2n) is 5.10. The summed E-state index contributed by atoms with van der Waals surface area (Å²) in [6.07, 6.45) is 11.7. The van der Waals surface area contributed by atoms with Crippen LogP contribution in [0.5, 0.6) is 0 Å². The third kappa shape index (κ3) is 2.62. The highest BCUT2D eigenvalue weighted by Gasteiger charge is 2.30. The Morgan fingerprint density at radius 1 is 1.64 bits per heavy atom. The van der Waals surface area contributed by atoms with Crippen LogP contribution >= 0.6 is 0 Å². The quantitative estimate of drug-likeness (QED) is 0.527. The predicted octanol–water partition coefficient (Wildman–Crippen LogP) is 2.90. The number of rotatable bonds is 2. The first-order chi connectivity index (χ1) is 6.37. The van der Waals surface area contributed by atoms with Crippen molar-refractivity contribution < 1.29 is 5.11 Å². The third-order valence-electron chi connectivity index (χ3n) is 3.11. The van der Waals surface area contributed by atoms with Crippen LogP contribution in [-0.4, -0.2) is 10.7 Å². The highest BCUT2D eigenvalue weighted by Crippen LogP contribution is 2.40. The summed E-state index contributed by atoms with van der Waals surface area (Å²) in [5, 5.41) is 9.83. The lowest BCUT2D eigenvalue weighted by Gasteiger charge is -2.34. The van der Waals surface area contributed by atoms with Gasteiger partial charge in [0.1, 0.15) is 5.60 Å². The molecule has 0 aromatic heterocycles. The molecule has 1 rings (SSSR count). The van der Waals surface area contributed by atoms with Crippen LogP contribution in [0.1, 0.15) is 46.5 Å². The first-order valence-corrected chi connectivity index (χ1v) is 5.27. The molecule has 1 atom stereocenters. The van der Waals surface area contributed by atoms with Crippen LogP contribution in [0, 0.1) is 17.8 Å². The fraction of sp³-hybridized carbons (Fsp3) is 0.692. The van der Waals surface area contributed by atoms with E-state index in [2.05, 4.69) is 25.8 Å². The minimum absolute atomic E-state index is 0.207. The molecule has 1 heteroatoms. The van der Waals surface area contributed by atoms with Gasteiger partial charge < -0.3 is 5.11 Å². The summed E-state index contributed by atoms with van der Waals surface area (Å²) >= 11 is 0. The van der Waals surface area contributed by atoms with Gasteiger partial charge in [-0.1, -0.05) is 31.4 Å². The van der Waals surface area contributed by atoms with E-state index in [4.69, 9.17) is 6.42 Å². The minimum atomic E-state index is -0.986. The molecular weight excluding hydrogens is 172 g/mol. The average Bonchev–Trinajstić information content (AvgIpc) is 2.09. The topological polar surface area (TPSA) is 20.2 Å². The molecule has 0 aliphatic heterocycles. The van der Waals surface area contributed by atoms with Crippen LogP contribution in [0.3, 0.4) is 0 Å². The van der Waals surface area contributed by atoms with Crippen molar-refractivity contribution in [3.05, 3.63) is 11.6 Å². The summed E-state index contributed by atoms with van der Waals surface area (Å²) in [5.74, 6) is 2.44. The Kier molecular flexibility index (Phi) is 3.07. The molecule has 78 valence electrons. The van der Waals surface area contributed by atoms with Gasteiger partial charge in [0.15, 0.2) is 0 Å². The minimum Gasteiger partial charge on any atom is -0.378 e. The molecule has 0 radical (unpaired) electrons. The van der Waals surface area contributed by atoms with Gasteiger partial charge in [-0.25, -0.2) is 0 Å². The van der Waals surface area contributed by atoms with Crippen molar-refractivity contribution in [3.63, 3.8) is 0 Å². The van der Waals surface area contributed by atoms with Crippen molar-refractivity contribution in [2.75, 3.05) is 0 Å². The zero-order chi connectivity index (χ0) is 10.8. The Labute approximate surface area is 87.2 Å². The van der Waals surface area contributed by atoms with E-state index < -0.39 is 5.60 Å². The number of hydrogen-bond donors (Lipinski definition) is 1. The molecule has 1 nitrogen and oxygen atoms in total. The summed E-state index contributed by atoms with van der Waals surface area (Å²) in [5.41, 5.74) is 0.534. The van der Waals surface area contributed by atoms with Gasteiger partial charge in [-0.15, -0.1) is 6.42 Å². The summed E-state index contributed by atoms with van der Waals surface area (Å²) in [6, 6.07) is 0. The van der Waals surface area contributed by atoms with Gasteiger partial charge >= 0.3 is 0 Å². The van der Waals surface area contributed by atoms with Crippen molar-refractivity contribution >= 4 is 0 Å². The van der Waals surface area contributed by atoms with E-state index in [0.717, 1.165) is 6.42 Å². The standard InChI is InChI=1S/C13H20O/c1-5-13(4,14)10-11-8-6-7-9-12(11,2)3/h1,8,14H,6-7,9-10H2,2-4H3. The van der Waals surface area contributed by atoms with E-state index in [9.17, 15) is 5.11 Å². The maximum Gasteiger partial charge on any atom is 0.126 e. The van der Waals surface area contributed by atoms with Gasteiger partial charge in [0.05, 0.1) is 0 Å². The van der Waals surface area contributed by atoms with Crippen molar-refractivity contribution in [2.45, 2.75) is 52.1 Å². The fourth-order valence-electron chi connectivity index (χ4n) is 1.99. The van der Waals surface area contributed by atoms with Gasteiger partial charge in [-0.05, 0) is 31.6 Å². The van der Waals surface area contributed by atoms with Crippen molar-refractivity contribution in [1.82, 2.24) is 0 Å². The van der Waals surface area contributed by atoms with Crippen LogP contribution in [0.25, 0.3) is 0 Å². The van der Waals surface area contributed by atoms with Crippen molar-refractivity contribution in [2.24, 2.45) is 5.41 Å². The Hall–Kier alpha value is -0.740. The highest BCUT2D eigenvalue weighted by atomic mass is 16.3. The van der Waals surface area contributed by atoms with E-state index in [1.807, 2.05) is 0 Å². The lowest BCUT2D eigenvalue weighted by Crippen LogP contribution is -2.28. The van der Waals surface area contributed by atoms with Gasteiger partial charge in [0, 0.05) is 6.42 Å². The monoisotopic (exact) mass is 192 g/mol. The van der Waals surface area contributed by atoms with E-state index in [-0.39, 0.29) is 5.41 Å². The molecule has 0 aromatic rings. The zero-order valence-electron chi connectivity index (χ0n) is 9.43. The second kappa shape index (κ2) is 3.79. The van der Waals surface area contributed by atoms with Gasteiger partial charge in [-0.2, -0.15) is 0 Å². The predicted molar refractivity (Wildman–Crippen MR) is 59.8 cm³/mol. The molecule has 0 fully saturated rings. The second-order valence-corrected chi connectivity index (χ2v) is 5.10. The third-order valence-corrected chi connectivity index (χ3v) is 3.11. The largest absolute Gasteiger partial charge is 0.378 e. The van der Waals surface area contributed by atoms with E-state index in [0.29, 0.717) is 6.42 Å². The zero-order valence-corrected chi connectivity index (χ0v) is 9.43. The number of allylic oxidation sites excluding steroid dienone is 1. The molecule has 0 spiro atoms. The SMILES string of the molecule is C#CC(C)(O)CC1=CCCCC1(C)C. The van der Waals surface area contributed by atoms with Gasteiger partial charge in [0.2, 0.25) is 0 Å². The Bertz CT molecular complexity index is 276. The summed E-state index contributed by atoms with van der Waals surface area (Å²) < 4.78 is 0. The van der Waals surface area contributed by atoms with Crippen LogP contribution in [-0.2, 0) is 0 Å². The molecule has 1 aliphatic carbocycles. The summed E-state index contributed by atoms with van der Waals surface area (Å²) in [6.45, 7) is 6.16. The van der Waals surface area contributed by atoms with Crippen LogP contribution < -0.4 is 0 Å². The van der Waals surface area contributed by atoms with Crippen LogP contribution in [0.4, 0.5) is 0 Å². The number of hydrogen-bond acceptors (Lipinski definition) is 1. The molecule has 0 bridgehead atoms. The molecule has 0 amide bonds. The summed E-state index contributed by atoms with van der Waals surface area (Å²) in [4.78, 5) is 0. The molecule has 0 heterocycles. The lowest BCUT2D eigenvalue weighted by molar-refractivity contribution is 0.114. The maximum atomic E-state index is 9.83. The van der Waals surface area contributed by atoms with E-state index in [1.165, 1.54) is 18.4 Å². The van der Waals surface area contributed by atoms with Crippen LogP contribution in [0.2, 0.25) is 0 Å². The maximum absolute atomic E-state index is 9.83. The fourth-order valence-corrected chi connectivity index (χ4v) is 1.99. The van der Waals surface area contributed by atoms with Crippen LogP contribution in [0.15, 0.2) is 11.6 Å². The average molecular weight is 192 g/mol. The molecule has 0 aromatic carbocycles. The van der Waals surface area contributed by atoms with E-state index >= 15 is 0 Å². The smallest absolute Gasteiger partial charge is 0.126 e. The molecule has 1 aliphatic rings. The molecule has 1 N–H and O–H groups in total. The van der Waals surface area contributed by atoms with Crippen molar-refractivity contribution in [3.8, 4) is 12.3 Å². The first kappa shape index (κ1) is 11.3. The Morgan fingerprint density at radius 3 is 2.79 bits per heavy atom. The number of terminal acetylenes is 1. The lowest BCUT2D eigenvalue weighted by atomic mass is 9.72. The van der Waals surface area contributed by atoms with Crippen molar-refractivity contribution in [1.29, 1.82) is 0 Å². The highest BCUT2D eigenvalue weighted by molar-refractivity contribution is 5.21. The number of aliphatic hydroxyl groups is 1. The summed E-state index contributed by atoms with van der Waals surface area (Å²) in [7, 11) is 0. The normalized spacial score (nSPS) is 24.6.